The number of ether oxygens (including phenoxy) is 4. The van der Waals surface area contributed by atoms with Gasteiger partial charge in [0.2, 0.25) is 11.8 Å². The Morgan fingerprint density at radius 2 is 1.76 bits per heavy atom. The fraction of sp³-hybridized carbons (Fsp3) is 0.250. The first-order chi connectivity index (χ1) is 15.9. The van der Waals surface area contributed by atoms with Crippen LogP contribution in [0.15, 0.2) is 65.9 Å². The van der Waals surface area contributed by atoms with Crippen molar-refractivity contribution in [3.8, 4) is 0 Å². The standard InChI is InChI=1S/C24H22N2O7/c1-30-13-17-18(21(27)31-2)24(15-10-6-7-11-16(15)26-23(24)29)19(20(25)33-17)22(28)32-12-14-8-4-3-5-9-14/h3-11,19,25H,12-13H2,1-2H3,(H,26,29). The van der Waals surface area contributed by atoms with Crippen LogP contribution in [0.1, 0.15) is 11.1 Å². The van der Waals surface area contributed by atoms with Crippen LogP contribution in [0.2, 0.25) is 0 Å². The number of methoxy groups -OCH3 is 2. The van der Waals surface area contributed by atoms with Gasteiger partial charge in [-0.15, -0.1) is 0 Å². The molecule has 170 valence electrons. The van der Waals surface area contributed by atoms with E-state index in [9.17, 15) is 14.4 Å². The highest BCUT2D eigenvalue weighted by atomic mass is 16.6. The van der Waals surface area contributed by atoms with Crippen molar-refractivity contribution in [3.05, 3.63) is 77.1 Å². The number of nitrogens with one attached hydrogen (secondary N) is 2. The highest BCUT2D eigenvalue weighted by molar-refractivity contribution is 6.21. The van der Waals surface area contributed by atoms with Gasteiger partial charge in [-0.2, -0.15) is 0 Å². The van der Waals surface area contributed by atoms with Crippen LogP contribution in [0.3, 0.4) is 0 Å². The Balaban J connectivity index is 1.89. The SMILES string of the molecule is COCC1=C(C(=O)OC)C2(C(=O)Nc3ccccc32)C(C(=O)OCc2ccccc2)C(=N)O1. The van der Waals surface area contributed by atoms with Crippen molar-refractivity contribution < 1.29 is 33.3 Å². The molecule has 2 aromatic carbocycles. The van der Waals surface area contributed by atoms with E-state index in [0.717, 1.165) is 12.7 Å². The number of hydrogen-bond donors (Lipinski definition) is 2. The summed E-state index contributed by atoms with van der Waals surface area (Å²) in [5.41, 5.74) is -0.633. The number of amides is 1. The van der Waals surface area contributed by atoms with Crippen molar-refractivity contribution in [1.29, 1.82) is 5.41 Å². The zero-order valence-corrected chi connectivity index (χ0v) is 18.0. The Bertz CT molecular complexity index is 1160. The predicted octanol–water partition coefficient (Wildman–Crippen LogP) is 2.32. The molecule has 1 amide bonds. The average molecular weight is 450 g/mol. The van der Waals surface area contributed by atoms with Gasteiger partial charge in [-0.1, -0.05) is 48.5 Å². The Kier molecular flexibility index (Phi) is 5.97. The van der Waals surface area contributed by atoms with E-state index in [0.29, 0.717) is 11.3 Å². The summed E-state index contributed by atoms with van der Waals surface area (Å²) < 4.78 is 21.2. The van der Waals surface area contributed by atoms with Crippen molar-refractivity contribution in [3.63, 3.8) is 0 Å². The first-order valence-electron chi connectivity index (χ1n) is 10.1. The smallest absolute Gasteiger partial charge is 0.338 e. The molecule has 1 spiro atoms. The van der Waals surface area contributed by atoms with E-state index in [1.54, 1.807) is 48.5 Å². The molecule has 0 aliphatic carbocycles. The summed E-state index contributed by atoms with van der Waals surface area (Å²) in [6.45, 7) is -0.291. The minimum Gasteiger partial charge on any atom is -0.466 e. The summed E-state index contributed by atoms with van der Waals surface area (Å²) in [6.07, 6.45) is 0. The number of anilines is 1. The van der Waals surface area contributed by atoms with Gasteiger partial charge in [-0.25, -0.2) is 4.79 Å². The van der Waals surface area contributed by atoms with Gasteiger partial charge in [0.25, 0.3) is 0 Å². The summed E-state index contributed by atoms with van der Waals surface area (Å²) in [5, 5.41) is 11.3. The Labute approximate surface area is 189 Å². The van der Waals surface area contributed by atoms with Crippen LogP contribution in [-0.4, -0.2) is 44.6 Å². The van der Waals surface area contributed by atoms with Crippen LogP contribution in [0.25, 0.3) is 0 Å². The molecule has 0 bridgehead atoms. The van der Waals surface area contributed by atoms with Crippen molar-refractivity contribution in [2.75, 3.05) is 26.1 Å². The van der Waals surface area contributed by atoms with Crippen LogP contribution in [0.5, 0.6) is 0 Å². The van der Waals surface area contributed by atoms with E-state index in [1.807, 2.05) is 6.07 Å². The summed E-state index contributed by atoms with van der Waals surface area (Å²) in [5.74, 6) is -4.57. The van der Waals surface area contributed by atoms with Gasteiger partial charge in [-0.05, 0) is 17.2 Å². The van der Waals surface area contributed by atoms with Gasteiger partial charge in [0.05, 0.1) is 12.7 Å². The molecule has 9 heteroatoms. The molecule has 2 aliphatic heterocycles. The van der Waals surface area contributed by atoms with E-state index in [-0.39, 0.29) is 24.5 Å². The molecule has 2 aliphatic rings. The van der Waals surface area contributed by atoms with Gasteiger partial charge in [0, 0.05) is 12.8 Å². The number of para-hydroxylation sites is 1. The molecular weight excluding hydrogens is 428 g/mol. The highest BCUT2D eigenvalue weighted by Gasteiger charge is 2.65. The summed E-state index contributed by atoms with van der Waals surface area (Å²) in [6, 6.07) is 15.6. The molecule has 9 nitrogen and oxygen atoms in total. The van der Waals surface area contributed by atoms with Crippen molar-refractivity contribution in [2.24, 2.45) is 5.92 Å². The van der Waals surface area contributed by atoms with Crippen LogP contribution in [0.4, 0.5) is 5.69 Å². The van der Waals surface area contributed by atoms with E-state index in [2.05, 4.69) is 5.32 Å². The largest absolute Gasteiger partial charge is 0.466 e. The molecule has 0 aromatic heterocycles. The molecule has 33 heavy (non-hydrogen) atoms. The third-order valence-electron chi connectivity index (χ3n) is 5.68. The molecule has 0 saturated heterocycles. The quantitative estimate of drug-likeness (QED) is 0.647. The van der Waals surface area contributed by atoms with Gasteiger partial charge < -0.3 is 24.3 Å². The van der Waals surface area contributed by atoms with Crippen molar-refractivity contribution in [2.45, 2.75) is 12.0 Å². The van der Waals surface area contributed by atoms with Crippen LogP contribution in [-0.2, 0) is 45.4 Å². The highest BCUT2D eigenvalue weighted by Crippen LogP contribution is 2.52. The third-order valence-corrected chi connectivity index (χ3v) is 5.68. The second-order valence-electron chi connectivity index (χ2n) is 7.52. The number of fused-ring (bicyclic) bond motifs is 2. The summed E-state index contributed by atoms with van der Waals surface area (Å²) in [7, 11) is 2.54. The number of carbonyl (C=O) groups is 3. The topological polar surface area (TPSA) is 124 Å². The molecule has 4 rings (SSSR count). The zero-order valence-electron chi connectivity index (χ0n) is 18.0. The fourth-order valence-corrected chi connectivity index (χ4v) is 4.32. The lowest BCUT2D eigenvalue weighted by molar-refractivity contribution is -0.152. The predicted molar refractivity (Wildman–Crippen MR) is 116 cm³/mol. The number of carbonyl (C=O) groups excluding carboxylic acids is 3. The maximum absolute atomic E-state index is 13.6. The van der Waals surface area contributed by atoms with Gasteiger partial charge >= 0.3 is 11.9 Å². The summed E-state index contributed by atoms with van der Waals surface area (Å²) >= 11 is 0. The summed E-state index contributed by atoms with van der Waals surface area (Å²) in [4.78, 5) is 40.0. The van der Waals surface area contributed by atoms with Gasteiger partial charge in [-0.3, -0.25) is 15.0 Å². The number of rotatable bonds is 6. The first kappa shape index (κ1) is 22.2. The van der Waals surface area contributed by atoms with E-state index < -0.39 is 35.1 Å². The van der Waals surface area contributed by atoms with Crippen LogP contribution < -0.4 is 5.32 Å². The maximum Gasteiger partial charge on any atom is 0.338 e. The second kappa shape index (κ2) is 8.87. The van der Waals surface area contributed by atoms with E-state index >= 15 is 0 Å². The number of benzene rings is 2. The molecule has 0 saturated carbocycles. The molecule has 0 fully saturated rings. The second-order valence-corrected chi connectivity index (χ2v) is 7.52. The number of hydrogen-bond acceptors (Lipinski definition) is 8. The van der Waals surface area contributed by atoms with Crippen LogP contribution >= 0.6 is 0 Å². The number of esters is 2. The van der Waals surface area contributed by atoms with Crippen LogP contribution in [0, 0.1) is 11.3 Å². The monoisotopic (exact) mass is 450 g/mol. The third kappa shape index (κ3) is 3.56. The fourth-order valence-electron chi connectivity index (χ4n) is 4.32. The maximum atomic E-state index is 13.6. The molecule has 2 unspecified atom stereocenters. The first-order valence-corrected chi connectivity index (χ1v) is 10.1. The van der Waals surface area contributed by atoms with Gasteiger partial charge in [0.15, 0.2) is 5.92 Å². The lowest BCUT2D eigenvalue weighted by atomic mass is 9.64. The lowest BCUT2D eigenvalue weighted by Gasteiger charge is -2.39. The molecule has 2 aromatic rings. The average Bonchev–Trinajstić information content (AvgIpc) is 3.10. The van der Waals surface area contributed by atoms with E-state index in [1.165, 1.54) is 7.11 Å². The Morgan fingerprint density at radius 1 is 1.06 bits per heavy atom. The van der Waals surface area contributed by atoms with E-state index in [4.69, 9.17) is 24.4 Å². The normalized spacial score (nSPS) is 21.3. The van der Waals surface area contributed by atoms with Crippen molar-refractivity contribution >= 4 is 29.4 Å². The molecule has 2 atom stereocenters. The molecule has 2 heterocycles. The minimum atomic E-state index is -1.92. The van der Waals surface area contributed by atoms with Gasteiger partial charge in [0.1, 0.15) is 24.4 Å². The minimum absolute atomic E-state index is 0.0756. The Morgan fingerprint density at radius 3 is 2.45 bits per heavy atom. The molecule has 2 N–H and O–H groups in total. The Hall–Kier alpha value is -3.98. The zero-order chi connectivity index (χ0) is 23.6. The molecular formula is C24H22N2O7. The van der Waals surface area contributed by atoms with Crippen molar-refractivity contribution in [1.82, 2.24) is 0 Å². The molecule has 0 radical (unpaired) electrons. The lowest BCUT2D eigenvalue weighted by Crippen LogP contribution is -2.56.